The van der Waals surface area contributed by atoms with Gasteiger partial charge in [0.05, 0.1) is 5.84 Å². The number of guanidine groups is 1. The van der Waals surface area contributed by atoms with E-state index in [1.807, 2.05) is 29.2 Å². The maximum absolute atomic E-state index is 7.39. The Labute approximate surface area is 239 Å². The van der Waals surface area contributed by atoms with Crippen molar-refractivity contribution < 1.29 is 0 Å². The van der Waals surface area contributed by atoms with Crippen LogP contribution in [0.5, 0.6) is 0 Å². The van der Waals surface area contributed by atoms with Crippen LogP contribution in [0.25, 0.3) is 0 Å². The summed E-state index contributed by atoms with van der Waals surface area (Å²) in [5.41, 5.74) is 19.3. The Kier molecular flexibility index (Phi) is 12.5. The fourth-order valence-electron chi connectivity index (χ4n) is 5.41. The first-order chi connectivity index (χ1) is 17.7. The summed E-state index contributed by atoms with van der Waals surface area (Å²) < 4.78 is 0. The summed E-state index contributed by atoms with van der Waals surface area (Å²) in [6.07, 6.45) is 7.07. The molecule has 0 aromatic heterocycles. The maximum Gasteiger partial charge on any atom is 0.188 e. The number of amidine groups is 2. The molecule has 222 valence electrons. The van der Waals surface area contributed by atoms with Crippen LogP contribution in [0.3, 0.4) is 0 Å². The van der Waals surface area contributed by atoms with E-state index in [1.54, 1.807) is 0 Å². The van der Waals surface area contributed by atoms with Gasteiger partial charge in [-0.05, 0) is 72.2 Å². The van der Waals surface area contributed by atoms with Crippen molar-refractivity contribution in [3.05, 3.63) is 35.4 Å². The number of nitrogen functional groups attached to an aromatic ring is 1. The second-order valence-electron chi connectivity index (χ2n) is 14.6. The molecule has 0 radical (unpaired) electrons. The van der Waals surface area contributed by atoms with Gasteiger partial charge in [0.25, 0.3) is 0 Å². The smallest absolute Gasteiger partial charge is 0.188 e. The Morgan fingerprint density at radius 3 is 1.38 bits per heavy atom. The molecule has 7 heteroatoms. The molecule has 3 rings (SSSR count). The molecule has 1 aromatic carbocycles. The van der Waals surface area contributed by atoms with E-state index in [4.69, 9.17) is 33.4 Å². The van der Waals surface area contributed by atoms with Crippen molar-refractivity contribution in [2.24, 2.45) is 45.8 Å². The van der Waals surface area contributed by atoms with Crippen molar-refractivity contribution in [1.29, 1.82) is 16.2 Å². The SMILES string of the molecule is CC(C)(C)C1CCC(C(=N)N)CC1.CC(C)(C)C1CCN(C(=N)N)CC1.CC(C)(C)c1ccc(C(=N)N)cc1. The zero-order valence-corrected chi connectivity index (χ0v) is 26.4. The zero-order chi connectivity index (χ0) is 30.2. The van der Waals surface area contributed by atoms with Crippen LogP contribution in [0.1, 0.15) is 112 Å². The van der Waals surface area contributed by atoms with Crippen LogP contribution in [0.15, 0.2) is 24.3 Å². The lowest BCUT2D eigenvalue weighted by Crippen LogP contribution is -2.44. The van der Waals surface area contributed by atoms with Crippen molar-refractivity contribution in [2.45, 2.75) is 106 Å². The number of nitrogens with one attached hydrogen (secondary N) is 3. The van der Waals surface area contributed by atoms with Gasteiger partial charge in [-0.1, -0.05) is 86.6 Å². The van der Waals surface area contributed by atoms with Crippen LogP contribution in [0.2, 0.25) is 0 Å². The molecule has 2 aliphatic rings. The lowest BCUT2D eigenvalue weighted by Gasteiger charge is -2.38. The number of nitrogens with two attached hydrogens (primary N) is 3. The monoisotopic (exact) mass is 541 g/mol. The number of nitrogens with zero attached hydrogens (tertiary/aromatic N) is 1. The maximum atomic E-state index is 7.39. The number of rotatable bonds is 2. The average molecular weight is 542 g/mol. The minimum Gasteiger partial charge on any atom is -0.387 e. The van der Waals surface area contributed by atoms with Gasteiger partial charge in [0.1, 0.15) is 5.84 Å². The highest BCUT2D eigenvalue weighted by Crippen LogP contribution is 2.39. The van der Waals surface area contributed by atoms with Gasteiger partial charge in [-0.25, -0.2) is 0 Å². The van der Waals surface area contributed by atoms with Crippen molar-refractivity contribution >= 4 is 17.6 Å². The third-order valence-electron chi connectivity index (χ3n) is 8.51. The highest BCUT2D eigenvalue weighted by Gasteiger charge is 2.30. The largest absolute Gasteiger partial charge is 0.387 e. The predicted octanol–water partition coefficient (Wildman–Crippen LogP) is 6.68. The van der Waals surface area contributed by atoms with E-state index in [-0.39, 0.29) is 17.2 Å². The number of benzene rings is 1. The molecule has 0 unspecified atom stereocenters. The molecule has 1 aliphatic heterocycles. The van der Waals surface area contributed by atoms with Crippen molar-refractivity contribution in [2.75, 3.05) is 13.1 Å². The first-order valence-electron chi connectivity index (χ1n) is 14.6. The molecular formula is C32H59N7. The third-order valence-corrected chi connectivity index (χ3v) is 8.51. The predicted molar refractivity (Wildman–Crippen MR) is 169 cm³/mol. The molecule has 1 saturated carbocycles. The van der Waals surface area contributed by atoms with Crippen LogP contribution >= 0.6 is 0 Å². The quantitative estimate of drug-likeness (QED) is 0.182. The van der Waals surface area contributed by atoms with Gasteiger partial charge in [-0.3, -0.25) is 16.2 Å². The fraction of sp³-hybridized carbons (Fsp3) is 0.719. The summed E-state index contributed by atoms with van der Waals surface area (Å²) in [5.74, 6) is 2.73. The standard InChI is InChI=1S/C11H22N2.C11H16N2.C10H21N3/c2*1-11(2,3)9-6-4-8(5-7-9)10(12)13;1-10(2,3)8-4-6-13(7-5-8)9(11)12/h8-9H,4-7H2,1-3H3,(H3,12,13);4-7H,1-3H3,(H3,12,13);8H,4-7H2,1-3H3,(H3,11,12). The summed E-state index contributed by atoms with van der Waals surface area (Å²) in [6.45, 7) is 22.2. The van der Waals surface area contributed by atoms with Crippen LogP contribution in [-0.2, 0) is 5.41 Å². The molecule has 1 heterocycles. The molecule has 9 N–H and O–H groups in total. The van der Waals surface area contributed by atoms with E-state index in [2.05, 4.69) is 62.3 Å². The summed E-state index contributed by atoms with van der Waals surface area (Å²) >= 11 is 0. The molecular weight excluding hydrogens is 482 g/mol. The summed E-state index contributed by atoms with van der Waals surface area (Å²) in [4.78, 5) is 1.96. The van der Waals surface area contributed by atoms with Gasteiger partial charge in [0.2, 0.25) is 0 Å². The minimum atomic E-state index is 0.125. The van der Waals surface area contributed by atoms with Crippen LogP contribution in [0, 0.1) is 44.8 Å². The van der Waals surface area contributed by atoms with Crippen LogP contribution in [-0.4, -0.2) is 35.6 Å². The second-order valence-corrected chi connectivity index (χ2v) is 14.6. The lowest BCUT2D eigenvalue weighted by atomic mass is 9.69. The molecule has 2 fully saturated rings. The normalized spacial score (nSPS) is 20.6. The Hall–Kier alpha value is -2.57. The van der Waals surface area contributed by atoms with E-state index in [0.29, 0.717) is 22.6 Å². The van der Waals surface area contributed by atoms with Gasteiger partial charge in [-0.15, -0.1) is 0 Å². The Balaban J connectivity index is 0.000000292. The van der Waals surface area contributed by atoms with Gasteiger partial charge in [0, 0.05) is 24.6 Å². The summed E-state index contributed by atoms with van der Waals surface area (Å²) in [6, 6.07) is 7.83. The first-order valence-corrected chi connectivity index (χ1v) is 14.6. The molecule has 0 atom stereocenters. The van der Waals surface area contributed by atoms with Crippen molar-refractivity contribution in [3.8, 4) is 0 Å². The molecule has 1 aliphatic carbocycles. The first kappa shape index (κ1) is 34.5. The van der Waals surface area contributed by atoms with E-state index in [0.717, 1.165) is 43.3 Å². The lowest BCUT2D eigenvalue weighted by molar-refractivity contribution is 0.148. The van der Waals surface area contributed by atoms with Crippen LogP contribution < -0.4 is 17.2 Å². The van der Waals surface area contributed by atoms with Gasteiger partial charge in [0.15, 0.2) is 5.96 Å². The van der Waals surface area contributed by atoms with Gasteiger partial charge < -0.3 is 22.1 Å². The van der Waals surface area contributed by atoms with Gasteiger partial charge >= 0.3 is 0 Å². The number of hydrogen-bond donors (Lipinski definition) is 6. The minimum absolute atomic E-state index is 0.125. The summed E-state index contributed by atoms with van der Waals surface area (Å²) in [5, 5.41) is 21.9. The Morgan fingerprint density at radius 1 is 0.667 bits per heavy atom. The van der Waals surface area contributed by atoms with E-state index < -0.39 is 0 Å². The van der Waals surface area contributed by atoms with Gasteiger partial charge in [-0.2, -0.15) is 0 Å². The molecule has 39 heavy (non-hydrogen) atoms. The van der Waals surface area contributed by atoms with Crippen LogP contribution in [0.4, 0.5) is 0 Å². The van der Waals surface area contributed by atoms with Crippen molar-refractivity contribution in [1.82, 2.24) is 4.90 Å². The Morgan fingerprint density at radius 2 is 1.08 bits per heavy atom. The zero-order valence-electron chi connectivity index (χ0n) is 26.4. The number of hydrogen-bond acceptors (Lipinski definition) is 3. The average Bonchev–Trinajstić information content (AvgIpc) is 2.83. The Bertz CT molecular complexity index is 869. The molecule has 7 nitrogen and oxygen atoms in total. The molecule has 1 saturated heterocycles. The topological polar surface area (TPSA) is 153 Å². The molecule has 1 aromatic rings. The number of piperidine rings is 1. The third kappa shape index (κ3) is 12.0. The van der Waals surface area contributed by atoms with E-state index in [1.165, 1.54) is 31.2 Å². The second kappa shape index (κ2) is 14.2. The highest BCUT2D eigenvalue weighted by molar-refractivity contribution is 5.94. The van der Waals surface area contributed by atoms with E-state index in [9.17, 15) is 0 Å². The highest BCUT2D eigenvalue weighted by atomic mass is 15.2. The molecule has 0 amide bonds. The van der Waals surface area contributed by atoms with E-state index >= 15 is 0 Å². The fourth-order valence-corrected chi connectivity index (χ4v) is 5.41. The molecule has 0 bridgehead atoms. The number of likely N-dealkylation sites (tertiary alicyclic amines) is 1. The summed E-state index contributed by atoms with van der Waals surface area (Å²) in [7, 11) is 0. The van der Waals surface area contributed by atoms with Crippen molar-refractivity contribution in [3.63, 3.8) is 0 Å². The molecule has 0 spiro atoms.